The van der Waals surface area contributed by atoms with Gasteiger partial charge in [-0.05, 0) is 53.9 Å². The van der Waals surface area contributed by atoms with Gasteiger partial charge in [-0.15, -0.1) is 11.3 Å². The molecule has 0 saturated carbocycles. The van der Waals surface area contributed by atoms with Crippen LogP contribution >= 0.6 is 22.9 Å². The fourth-order valence-corrected chi connectivity index (χ4v) is 5.82. The van der Waals surface area contributed by atoms with Crippen molar-refractivity contribution in [3.8, 4) is 17.0 Å². The molecule has 0 aliphatic heterocycles. The maximum atomic E-state index is 13.5. The van der Waals surface area contributed by atoms with E-state index in [1.165, 1.54) is 29.8 Å². The van der Waals surface area contributed by atoms with E-state index in [0.717, 1.165) is 27.2 Å². The number of ether oxygens (including phenoxy) is 2. The van der Waals surface area contributed by atoms with Gasteiger partial charge in [0.05, 0.1) is 39.3 Å². The van der Waals surface area contributed by atoms with Crippen molar-refractivity contribution >= 4 is 60.5 Å². The summed E-state index contributed by atoms with van der Waals surface area (Å²) in [6.07, 6.45) is 2.07. The molecule has 222 valence electrons. The van der Waals surface area contributed by atoms with Crippen LogP contribution in [0.5, 0.6) is 5.75 Å². The Morgan fingerprint density at radius 2 is 1.95 bits per heavy atom. The van der Waals surface area contributed by atoms with Gasteiger partial charge in [0.25, 0.3) is 0 Å². The van der Waals surface area contributed by atoms with Crippen LogP contribution < -0.4 is 10.1 Å². The number of thiazole rings is 1. The van der Waals surface area contributed by atoms with Gasteiger partial charge in [0.1, 0.15) is 30.3 Å². The lowest BCUT2D eigenvalue weighted by molar-refractivity contribution is 0.174. The molecule has 0 atom stereocenters. The number of rotatable bonds is 12. The second kappa shape index (κ2) is 14.0. The van der Waals surface area contributed by atoms with E-state index < -0.39 is 10.3 Å². The van der Waals surface area contributed by atoms with E-state index in [2.05, 4.69) is 15.3 Å². The number of aromatic nitrogens is 3. The highest BCUT2D eigenvalue weighted by Gasteiger charge is 2.12. The normalized spacial score (nSPS) is 11.2. The van der Waals surface area contributed by atoms with Gasteiger partial charge in [0.2, 0.25) is 10.3 Å². The SMILES string of the molecule is CC(C)C(COCCc1nc(-c2ccc3ncnc(Nc4ccc(OCc5cccc(F)c5)c(Cl)c4)c3c2)cs1)=S(=O)=O. The maximum absolute atomic E-state index is 13.5. The second-order valence-electron chi connectivity index (χ2n) is 9.93. The van der Waals surface area contributed by atoms with Crippen LogP contribution in [0.3, 0.4) is 0 Å². The summed E-state index contributed by atoms with van der Waals surface area (Å²) in [6.45, 7) is 4.31. The van der Waals surface area contributed by atoms with E-state index in [-0.39, 0.29) is 24.9 Å². The number of halogens is 2. The highest BCUT2D eigenvalue weighted by molar-refractivity contribution is 7.73. The van der Waals surface area contributed by atoms with E-state index >= 15 is 0 Å². The van der Waals surface area contributed by atoms with Gasteiger partial charge >= 0.3 is 0 Å². The van der Waals surface area contributed by atoms with Crippen molar-refractivity contribution in [2.45, 2.75) is 26.9 Å². The van der Waals surface area contributed by atoms with Gasteiger partial charge in [-0.25, -0.2) is 19.3 Å². The van der Waals surface area contributed by atoms with Gasteiger partial charge in [-0.3, -0.25) is 0 Å². The quantitative estimate of drug-likeness (QED) is 0.114. The molecular formula is C31H28ClFN4O4S2. The van der Waals surface area contributed by atoms with E-state index in [0.29, 0.717) is 45.7 Å². The van der Waals surface area contributed by atoms with Gasteiger partial charge in [0, 0.05) is 28.4 Å². The summed E-state index contributed by atoms with van der Waals surface area (Å²) in [6, 6.07) is 17.4. The molecule has 0 fully saturated rings. The monoisotopic (exact) mass is 638 g/mol. The molecule has 1 N–H and O–H groups in total. The fraction of sp³-hybridized carbons (Fsp3) is 0.226. The third-order valence-corrected chi connectivity index (χ3v) is 8.74. The first-order valence-corrected chi connectivity index (χ1v) is 15.8. The van der Waals surface area contributed by atoms with Crippen molar-refractivity contribution < 1.29 is 22.3 Å². The van der Waals surface area contributed by atoms with Crippen molar-refractivity contribution in [3.05, 3.63) is 93.8 Å². The molecule has 2 aromatic heterocycles. The molecule has 0 aliphatic rings. The summed E-state index contributed by atoms with van der Waals surface area (Å²) < 4.78 is 47.5. The van der Waals surface area contributed by atoms with Crippen LogP contribution in [0.25, 0.3) is 22.2 Å². The molecule has 0 unspecified atom stereocenters. The molecule has 0 bridgehead atoms. The number of hydrogen-bond donors (Lipinski definition) is 1. The molecule has 43 heavy (non-hydrogen) atoms. The number of nitrogens with one attached hydrogen (secondary N) is 1. The number of hydrogen-bond acceptors (Lipinski definition) is 9. The van der Waals surface area contributed by atoms with Crippen molar-refractivity contribution in [2.75, 3.05) is 18.5 Å². The summed E-state index contributed by atoms with van der Waals surface area (Å²) in [7, 11) is -2.25. The average molecular weight is 639 g/mol. The van der Waals surface area contributed by atoms with Gasteiger partial charge in [-0.2, -0.15) is 8.42 Å². The van der Waals surface area contributed by atoms with Gasteiger partial charge < -0.3 is 14.8 Å². The molecular weight excluding hydrogens is 611 g/mol. The number of anilines is 2. The summed E-state index contributed by atoms with van der Waals surface area (Å²) in [5.41, 5.74) is 3.90. The first kappa shape index (κ1) is 30.6. The molecule has 0 radical (unpaired) electrons. The zero-order valence-electron chi connectivity index (χ0n) is 23.4. The van der Waals surface area contributed by atoms with Crippen molar-refractivity contribution in [1.82, 2.24) is 15.0 Å². The van der Waals surface area contributed by atoms with E-state index in [9.17, 15) is 12.8 Å². The van der Waals surface area contributed by atoms with Crippen LogP contribution in [0.4, 0.5) is 15.9 Å². The van der Waals surface area contributed by atoms with E-state index in [1.807, 2.05) is 43.5 Å². The lowest BCUT2D eigenvalue weighted by Gasteiger charge is -2.12. The minimum Gasteiger partial charge on any atom is -0.487 e. The Morgan fingerprint density at radius 3 is 2.72 bits per heavy atom. The maximum Gasteiger partial charge on any atom is 0.215 e. The Bertz CT molecular complexity index is 1890. The first-order chi connectivity index (χ1) is 20.8. The Balaban J connectivity index is 1.26. The standard InChI is InChI=1S/C31H28ClFN4O4S2/c1-19(2)29(43(38)39)16-40-11-10-30-37-27(17-42-30)21-6-8-26-24(13-21)31(35-18-34-26)36-23-7-9-28(25(32)14-23)41-15-20-4-3-5-22(33)12-20/h3-9,12-14,17-19H,10-11,15-16H2,1-2H3,(H,34,35,36). The summed E-state index contributed by atoms with van der Waals surface area (Å²) in [5, 5.41) is 7.40. The lowest BCUT2D eigenvalue weighted by Crippen LogP contribution is -2.17. The minimum atomic E-state index is -2.25. The van der Waals surface area contributed by atoms with Crippen molar-refractivity contribution in [1.29, 1.82) is 0 Å². The molecule has 2 heterocycles. The van der Waals surface area contributed by atoms with Crippen LogP contribution in [0, 0.1) is 11.7 Å². The topological polar surface area (TPSA) is 103 Å². The minimum absolute atomic E-state index is 0.0857. The average Bonchev–Trinajstić information content (AvgIpc) is 3.45. The van der Waals surface area contributed by atoms with E-state index in [4.69, 9.17) is 26.1 Å². The summed E-state index contributed by atoms with van der Waals surface area (Å²) in [5.74, 6) is 0.674. The van der Waals surface area contributed by atoms with Gasteiger partial charge in [-0.1, -0.05) is 43.6 Å². The predicted octanol–water partition coefficient (Wildman–Crippen LogP) is 7.14. The van der Waals surface area contributed by atoms with Crippen LogP contribution in [0.15, 0.2) is 72.4 Å². The molecule has 8 nitrogen and oxygen atoms in total. The third-order valence-electron chi connectivity index (χ3n) is 6.52. The molecule has 3 aromatic carbocycles. The summed E-state index contributed by atoms with van der Waals surface area (Å²) >= 11 is 8.01. The van der Waals surface area contributed by atoms with Crippen LogP contribution in [-0.2, 0) is 28.1 Å². The second-order valence-corrected chi connectivity index (χ2v) is 12.3. The van der Waals surface area contributed by atoms with Crippen molar-refractivity contribution in [3.63, 3.8) is 0 Å². The number of nitrogens with zero attached hydrogens (tertiary/aromatic N) is 3. The highest BCUT2D eigenvalue weighted by Crippen LogP contribution is 2.32. The predicted molar refractivity (Wildman–Crippen MR) is 169 cm³/mol. The Kier molecular flexibility index (Phi) is 9.98. The Morgan fingerprint density at radius 1 is 1.09 bits per heavy atom. The van der Waals surface area contributed by atoms with Crippen LogP contribution in [0.1, 0.15) is 24.4 Å². The summed E-state index contributed by atoms with van der Waals surface area (Å²) in [4.78, 5) is 14.0. The highest BCUT2D eigenvalue weighted by atomic mass is 35.5. The zero-order chi connectivity index (χ0) is 30.3. The smallest absolute Gasteiger partial charge is 0.215 e. The molecule has 0 aliphatic carbocycles. The van der Waals surface area contributed by atoms with E-state index in [1.54, 1.807) is 24.3 Å². The molecule has 0 saturated heterocycles. The molecule has 5 aromatic rings. The number of benzene rings is 3. The van der Waals surface area contributed by atoms with Crippen LogP contribution in [0.2, 0.25) is 5.02 Å². The largest absolute Gasteiger partial charge is 0.487 e. The first-order valence-electron chi connectivity index (χ1n) is 13.4. The van der Waals surface area contributed by atoms with Gasteiger partial charge in [0.15, 0.2) is 0 Å². The van der Waals surface area contributed by atoms with Crippen molar-refractivity contribution in [2.24, 2.45) is 5.92 Å². The fourth-order valence-electron chi connectivity index (χ4n) is 4.23. The lowest BCUT2D eigenvalue weighted by atomic mass is 10.1. The number of fused-ring (bicyclic) bond motifs is 1. The Hall–Kier alpha value is -3.90. The van der Waals surface area contributed by atoms with Crippen LogP contribution in [-0.4, -0.2) is 41.4 Å². The molecule has 0 spiro atoms. The zero-order valence-corrected chi connectivity index (χ0v) is 25.8. The molecule has 12 heteroatoms. The molecule has 5 rings (SSSR count). The third kappa shape index (κ3) is 7.94. The Labute approximate surface area is 259 Å². The molecule has 0 amide bonds.